The minimum absolute atomic E-state index is 0.0658. The van der Waals surface area contributed by atoms with Gasteiger partial charge >= 0.3 is 5.97 Å². The number of carboxylic acids is 1. The van der Waals surface area contributed by atoms with Crippen LogP contribution >= 0.6 is 0 Å². The van der Waals surface area contributed by atoms with Gasteiger partial charge in [-0.2, -0.15) is 0 Å². The van der Waals surface area contributed by atoms with Crippen LogP contribution in [-0.2, 0) is 16.1 Å². The van der Waals surface area contributed by atoms with Crippen LogP contribution in [0.4, 0.5) is 11.5 Å². The molecule has 0 saturated heterocycles. The minimum atomic E-state index is -1.05. The Morgan fingerprint density at radius 2 is 1.68 bits per heavy atom. The molecule has 37 heavy (non-hydrogen) atoms. The van der Waals surface area contributed by atoms with Gasteiger partial charge in [0.25, 0.3) is 0 Å². The highest BCUT2D eigenvalue weighted by atomic mass is 16.4. The summed E-state index contributed by atoms with van der Waals surface area (Å²) in [5.74, 6) is -0.886. The number of amides is 1. The number of rotatable bonds is 8. The van der Waals surface area contributed by atoms with Gasteiger partial charge in [-0.1, -0.05) is 18.2 Å². The predicted octanol–water partition coefficient (Wildman–Crippen LogP) is 4.39. The molecular formula is C29H32N4O4. The molecule has 0 atom stereocenters. The Balaban J connectivity index is 1.59. The van der Waals surface area contributed by atoms with Gasteiger partial charge in [-0.25, -0.2) is 9.78 Å². The van der Waals surface area contributed by atoms with Gasteiger partial charge in [0.05, 0.1) is 18.3 Å². The molecule has 8 heteroatoms. The Kier molecular flexibility index (Phi) is 8.30. The molecule has 192 valence electrons. The number of hydrogen-bond acceptors (Lipinski definition) is 6. The van der Waals surface area contributed by atoms with Gasteiger partial charge in [-0.15, -0.1) is 0 Å². The fourth-order valence-corrected chi connectivity index (χ4v) is 4.47. The number of anilines is 2. The van der Waals surface area contributed by atoms with E-state index in [2.05, 4.69) is 34.2 Å². The average Bonchev–Trinajstić information content (AvgIpc) is 2.91. The summed E-state index contributed by atoms with van der Waals surface area (Å²) in [6.07, 6.45) is 7.96. The van der Waals surface area contributed by atoms with E-state index in [1.807, 2.05) is 31.1 Å². The number of aliphatic hydroxyl groups excluding tert-OH is 1. The van der Waals surface area contributed by atoms with Crippen LogP contribution in [0.2, 0.25) is 0 Å². The summed E-state index contributed by atoms with van der Waals surface area (Å²) < 4.78 is 0. The summed E-state index contributed by atoms with van der Waals surface area (Å²) >= 11 is 0. The van der Waals surface area contributed by atoms with Crippen molar-refractivity contribution in [1.29, 1.82) is 0 Å². The van der Waals surface area contributed by atoms with Crippen molar-refractivity contribution < 1.29 is 19.8 Å². The number of carbonyl (C=O) groups excluding carboxylic acids is 1. The van der Waals surface area contributed by atoms with Gasteiger partial charge in [0, 0.05) is 49.7 Å². The normalized spacial score (nSPS) is 17.5. The number of benzene rings is 1. The summed E-state index contributed by atoms with van der Waals surface area (Å²) in [7, 11) is 4.00. The number of nitrogens with zero attached hydrogens (tertiary/aromatic N) is 4. The van der Waals surface area contributed by atoms with Crippen molar-refractivity contribution in [3.05, 3.63) is 78.3 Å². The average molecular weight is 501 g/mol. The zero-order chi connectivity index (χ0) is 26.4. The molecule has 0 aliphatic heterocycles. The number of aliphatic carboxylic acids is 1. The molecule has 1 fully saturated rings. The maximum atomic E-state index is 13.6. The van der Waals surface area contributed by atoms with Crippen LogP contribution in [0, 0.1) is 5.92 Å². The Hall–Kier alpha value is -4.04. The number of carbonyl (C=O) groups is 2. The zero-order valence-corrected chi connectivity index (χ0v) is 21.1. The van der Waals surface area contributed by atoms with Crippen LogP contribution in [0.25, 0.3) is 17.2 Å². The van der Waals surface area contributed by atoms with Gasteiger partial charge < -0.3 is 15.1 Å². The van der Waals surface area contributed by atoms with Crippen LogP contribution in [0.1, 0.15) is 36.9 Å². The molecule has 0 bridgehead atoms. The van der Waals surface area contributed by atoms with Crippen molar-refractivity contribution >= 4 is 29.5 Å². The molecule has 2 N–H and O–H groups in total. The molecule has 1 aromatic carbocycles. The molecular weight excluding hydrogens is 468 g/mol. The quantitative estimate of drug-likeness (QED) is 0.442. The minimum Gasteiger partial charge on any atom is -0.478 e. The van der Waals surface area contributed by atoms with Gasteiger partial charge in [0.1, 0.15) is 5.82 Å². The van der Waals surface area contributed by atoms with E-state index in [0.29, 0.717) is 42.8 Å². The molecule has 2 heterocycles. The zero-order valence-electron chi connectivity index (χ0n) is 21.1. The highest BCUT2D eigenvalue weighted by molar-refractivity contribution is 5.94. The first-order chi connectivity index (χ1) is 17.8. The number of pyridine rings is 2. The lowest BCUT2D eigenvalue weighted by atomic mass is 9.86. The molecule has 3 aromatic rings. The standard InChI is InChI=1S/C29H32N4O4/c1-32(2)25-10-5-21(6-11-25)23-4-9-24(31-18-23)19-33(29(37)22-7-12-26(34)13-8-22)27-17-20(15-16-30-27)3-14-28(35)36/h3-6,9-11,14-18,22,26,34H,7-8,12-13,19H2,1-2H3,(H,35,36). The third-order valence-electron chi connectivity index (χ3n) is 6.64. The summed E-state index contributed by atoms with van der Waals surface area (Å²) in [5.41, 5.74) is 4.50. The van der Waals surface area contributed by atoms with Crippen LogP contribution in [0.15, 0.2) is 67.0 Å². The van der Waals surface area contributed by atoms with E-state index < -0.39 is 5.97 Å². The number of hydrogen-bond donors (Lipinski definition) is 2. The third-order valence-corrected chi connectivity index (χ3v) is 6.64. The second-order valence-corrected chi connectivity index (χ2v) is 9.53. The van der Waals surface area contributed by atoms with Crippen molar-refractivity contribution in [1.82, 2.24) is 9.97 Å². The van der Waals surface area contributed by atoms with Crippen LogP contribution in [-0.4, -0.2) is 52.3 Å². The van der Waals surface area contributed by atoms with Crippen LogP contribution < -0.4 is 9.80 Å². The van der Waals surface area contributed by atoms with Gasteiger partial charge in [0.15, 0.2) is 0 Å². The smallest absolute Gasteiger partial charge is 0.328 e. The second-order valence-electron chi connectivity index (χ2n) is 9.53. The van der Waals surface area contributed by atoms with Crippen molar-refractivity contribution in [3.8, 4) is 11.1 Å². The van der Waals surface area contributed by atoms with Crippen LogP contribution in [0.3, 0.4) is 0 Å². The SMILES string of the molecule is CN(C)c1ccc(-c2ccc(CN(C(=O)C3CCC(O)CC3)c3cc(C=CC(=O)O)ccn3)nc2)cc1. The third kappa shape index (κ3) is 6.80. The fourth-order valence-electron chi connectivity index (χ4n) is 4.47. The Bertz CT molecular complexity index is 1250. The lowest BCUT2D eigenvalue weighted by molar-refractivity contribution is -0.131. The van der Waals surface area contributed by atoms with Gasteiger partial charge in [0.2, 0.25) is 5.91 Å². The number of aliphatic hydroxyl groups is 1. The molecule has 8 nitrogen and oxygen atoms in total. The summed E-state index contributed by atoms with van der Waals surface area (Å²) in [6, 6.07) is 15.5. The van der Waals surface area contributed by atoms with E-state index in [1.54, 1.807) is 29.4 Å². The Labute approximate surface area is 216 Å². The first kappa shape index (κ1) is 26.0. The molecule has 1 saturated carbocycles. The summed E-state index contributed by atoms with van der Waals surface area (Å²) in [6.45, 7) is 0.233. The van der Waals surface area contributed by atoms with Gasteiger partial charge in [-0.05, 0) is 73.2 Å². The summed E-state index contributed by atoms with van der Waals surface area (Å²) in [5, 5.41) is 18.9. The summed E-state index contributed by atoms with van der Waals surface area (Å²) in [4.78, 5) is 37.3. The maximum Gasteiger partial charge on any atom is 0.328 e. The topological polar surface area (TPSA) is 107 Å². The number of aromatic nitrogens is 2. The molecule has 4 rings (SSSR count). The van der Waals surface area contributed by atoms with E-state index in [-0.39, 0.29) is 24.5 Å². The lowest BCUT2D eigenvalue weighted by Gasteiger charge is -2.30. The largest absolute Gasteiger partial charge is 0.478 e. The second kappa shape index (κ2) is 11.8. The lowest BCUT2D eigenvalue weighted by Crippen LogP contribution is -2.38. The van der Waals surface area contributed by atoms with E-state index >= 15 is 0 Å². The highest BCUT2D eigenvalue weighted by Crippen LogP contribution is 2.29. The van der Waals surface area contributed by atoms with Crippen molar-refractivity contribution in [2.24, 2.45) is 5.92 Å². The first-order valence-electron chi connectivity index (χ1n) is 12.4. The Morgan fingerprint density at radius 1 is 0.973 bits per heavy atom. The van der Waals surface area contributed by atoms with Crippen molar-refractivity contribution in [2.45, 2.75) is 38.3 Å². The monoisotopic (exact) mass is 500 g/mol. The predicted molar refractivity (Wildman–Crippen MR) is 144 cm³/mol. The molecule has 1 aliphatic carbocycles. The number of carboxylic acid groups (broad SMARTS) is 1. The maximum absolute atomic E-state index is 13.6. The van der Waals surface area contributed by atoms with E-state index in [4.69, 9.17) is 5.11 Å². The van der Waals surface area contributed by atoms with E-state index in [9.17, 15) is 14.7 Å². The molecule has 0 radical (unpaired) electrons. The van der Waals surface area contributed by atoms with Gasteiger partial charge in [-0.3, -0.25) is 14.7 Å². The van der Waals surface area contributed by atoms with Crippen molar-refractivity contribution in [2.75, 3.05) is 23.9 Å². The first-order valence-corrected chi connectivity index (χ1v) is 12.4. The van der Waals surface area contributed by atoms with E-state index in [0.717, 1.165) is 22.9 Å². The van der Waals surface area contributed by atoms with Crippen molar-refractivity contribution in [3.63, 3.8) is 0 Å². The van der Waals surface area contributed by atoms with E-state index in [1.165, 1.54) is 6.08 Å². The Morgan fingerprint density at radius 3 is 2.30 bits per heavy atom. The fraction of sp³-hybridized carbons (Fsp3) is 0.310. The molecule has 0 unspecified atom stereocenters. The molecule has 0 spiro atoms. The van der Waals surface area contributed by atoms with Crippen LogP contribution in [0.5, 0.6) is 0 Å². The highest BCUT2D eigenvalue weighted by Gasteiger charge is 2.30. The molecule has 1 aliphatic rings. The molecule has 1 amide bonds. The molecule has 2 aromatic heterocycles.